The van der Waals surface area contributed by atoms with Crippen LogP contribution in [-0.4, -0.2) is 31.4 Å². The Kier molecular flexibility index (Phi) is 6.55. The summed E-state index contributed by atoms with van der Waals surface area (Å²) in [5.41, 5.74) is 1.33. The number of benzene rings is 2. The molecule has 140 valence electrons. The Morgan fingerprint density at radius 2 is 1.85 bits per heavy atom. The highest BCUT2D eigenvalue weighted by Gasteiger charge is 2.17. The number of halogens is 2. The fourth-order valence-corrected chi connectivity index (χ4v) is 3.69. The van der Waals surface area contributed by atoms with Gasteiger partial charge in [-0.1, -0.05) is 36.2 Å². The first kappa shape index (κ1) is 20.6. The van der Waals surface area contributed by atoms with Gasteiger partial charge in [0, 0.05) is 22.0 Å². The van der Waals surface area contributed by atoms with E-state index >= 15 is 0 Å². The smallest absolute Gasteiger partial charge is 0.344 e. The molecule has 0 radical (unpaired) electrons. The van der Waals surface area contributed by atoms with Crippen LogP contribution in [0.2, 0.25) is 10.0 Å². The molecule has 5 nitrogen and oxygen atoms in total. The molecule has 0 unspecified atom stereocenters. The van der Waals surface area contributed by atoms with Gasteiger partial charge in [0.15, 0.2) is 15.9 Å². The standard InChI is InChI=1S/C18H18Cl2O5S/c1-3-26(23,24)15-6-4-12(16(20)10-15)8-13-9-14(19)5-7-17(13)25-11(2)18(21)22/h4-7,9-11H,3,8H2,1-2H3,(H,21,22)/t11-/m0/s1. The van der Waals surface area contributed by atoms with E-state index in [0.717, 1.165) is 0 Å². The maximum atomic E-state index is 12.0. The molecule has 2 rings (SSSR count). The van der Waals surface area contributed by atoms with Crippen LogP contribution in [-0.2, 0) is 21.1 Å². The van der Waals surface area contributed by atoms with Gasteiger partial charge in [-0.05, 0) is 42.8 Å². The molecule has 0 aliphatic carbocycles. The Balaban J connectivity index is 2.36. The number of carbonyl (C=O) groups is 1. The van der Waals surface area contributed by atoms with Crippen LogP contribution < -0.4 is 4.74 Å². The number of rotatable bonds is 7. The summed E-state index contributed by atoms with van der Waals surface area (Å²) in [7, 11) is -3.35. The van der Waals surface area contributed by atoms with Gasteiger partial charge in [0.25, 0.3) is 0 Å². The molecule has 0 spiro atoms. The van der Waals surface area contributed by atoms with E-state index in [1.54, 1.807) is 31.2 Å². The number of ether oxygens (including phenoxy) is 1. The summed E-state index contributed by atoms with van der Waals surface area (Å²) in [5, 5.41) is 9.80. The van der Waals surface area contributed by atoms with E-state index in [-0.39, 0.29) is 10.6 Å². The first-order valence-electron chi connectivity index (χ1n) is 7.83. The van der Waals surface area contributed by atoms with Gasteiger partial charge in [-0.15, -0.1) is 0 Å². The first-order chi connectivity index (χ1) is 12.1. The number of hydrogen-bond donors (Lipinski definition) is 1. The number of sulfone groups is 1. The second-order valence-corrected chi connectivity index (χ2v) is 8.81. The molecular weight excluding hydrogens is 399 g/mol. The summed E-state index contributed by atoms with van der Waals surface area (Å²) in [6.45, 7) is 2.99. The van der Waals surface area contributed by atoms with Gasteiger partial charge in [-0.25, -0.2) is 13.2 Å². The van der Waals surface area contributed by atoms with Crippen molar-refractivity contribution < 1.29 is 23.1 Å². The number of carboxylic acids is 1. The maximum Gasteiger partial charge on any atom is 0.344 e. The van der Waals surface area contributed by atoms with Crippen molar-refractivity contribution in [2.75, 3.05) is 5.75 Å². The summed E-state index contributed by atoms with van der Waals surface area (Å²) >= 11 is 12.3. The molecule has 1 N–H and O–H groups in total. The van der Waals surface area contributed by atoms with Gasteiger partial charge in [-0.2, -0.15) is 0 Å². The van der Waals surface area contributed by atoms with Gasteiger partial charge < -0.3 is 9.84 Å². The van der Waals surface area contributed by atoms with Gasteiger partial charge in [0.1, 0.15) is 5.75 Å². The van der Waals surface area contributed by atoms with Crippen LogP contribution in [0.25, 0.3) is 0 Å². The lowest BCUT2D eigenvalue weighted by Gasteiger charge is -2.15. The molecule has 2 aromatic carbocycles. The van der Waals surface area contributed by atoms with Crippen LogP contribution in [0, 0.1) is 0 Å². The van der Waals surface area contributed by atoms with Crippen molar-refractivity contribution in [1.29, 1.82) is 0 Å². The molecule has 0 aliphatic heterocycles. The summed E-state index contributed by atoms with van der Waals surface area (Å²) in [6.07, 6.45) is -0.712. The molecular formula is C18H18Cl2O5S. The number of aliphatic carboxylic acids is 1. The second-order valence-electron chi connectivity index (χ2n) is 5.68. The van der Waals surface area contributed by atoms with Gasteiger partial charge in [-0.3, -0.25) is 0 Å². The minimum absolute atomic E-state index is 0.0119. The molecule has 0 bridgehead atoms. The minimum Gasteiger partial charge on any atom is -0.479 e. The average molecular weight is 417 g/mol. The lowest BCUT2D eigenvalue weighted by Crippen LogP contribution is -2.23. The van der Waals surface area contributed by atoms with E-state index < -0.39 is 21.9 Å². The third kappa shape index (κ3) is 4.90. The van der Waals surface area contributed by atoms with E-state index in [1.807, 2.05) is 0 Å². The minimum atomic E-state index is -3.35. The predicted molar refractivity (Wildman–Crippen MR) is 101 cm³/mol. The van der Waals surface area contributed by atoms with Gasteiger partial charge in [0.2, 0.25) is 0 Å². The molecule has 2 aromatic rings. The Morgan fingerprint density at radius 3 is 2.42 bits per heavy atom. The maximum absolute atomic E-state index is 12.0. The van der Waals surface area contributed by atoms with Gasteiger partial charge >= 0.3 is 5.97 Å². The highest BCUT2D eigenvalue weighted by atomic mass is 35.5. The third-order valence-corrected chi connectivity index (χ3v) is 6.14. The van der Waals surface area contributed by atoms with Crippen molar-refractivity contribution in [3.05, 3.63) is 57.6 Å². The highest BCUT2D eigenvalue weighted by Crippen LogP contribution is 2.30. The zero-order chi connectivity index (χ0) is 19.5. The van der Waals surface area contributed by atoms with Crippen LogP contribution in [0.1, 0.15) is 25.0 Å². The third-order valence-electron chi connectivity index (χ3n) is 3.82. The zero-order valence-electron chi connectivity index (χ0n) is 14.2. The van der Waals surface area contributed by atoms with Crippen molar-refractivity contribution in [2.45, 2.75) is 31.3 Å². The molecule has 0 amide bonds. The highest BCUT2D eigenvalue weighted by molar-refractivity contribution is 7.91. The normalized spacial score (nSPS) is 12.6. The van der Waals surface area contributed by atoms with Crippen molar-refractivity contribution in [2.24, 2.45) is 0 Å². The Morgan fingerprint density at radius 1 is 1.15 bits per heavy atom. The van der Waals surface area contributed by atoms with Crippen LogP contribution in [0.3, 0.4) is 0 Å². The first-order valence-corrected chi connectivity index (χ1v) is 10.2. The molecule has 8 heteroatoms. The Labute approximate surface area is 162 Å². The van der Waals surface area contributed by atoms with Gasteiger partial charge in [0.05, 0.1) is 10.6 Å². The van der Waals surface area contributed by atoms with E-state index in [4.69, 9.17) is 33.0 Å². The number of carboxylic acid groups (broad SMARTS) is 1. The molecule has 0 heterocycles. The van der Waals surface area contributed by atoms with E-state index in [0.29, 0.717) is 33.3 Å². The summed E-state index contributed by atoms with van der Waals surface area (Å²) < 4.78 is 29.4. The van der Waals surface area contributed by atoms with Crippen LogP contribution in [0.4, 0.5) is 0 Å². The molecule has 0 fully saturated rings. The van der Waals surface area contributed by atoms with Crippen LogP contribution in [0.15, 0.2) is 41.3 Å². The lowest BCUT2D eigenvalue weighted by atomic mass is 10.0. The molecule has 0 saturated heterocycles. The number of hydrogen-bond acceptors (Lipinski definition) is 4. The molecule has 0 aliphatic rings. The van der Waals surface area contributed by atoms with Crippen molar-refractivity contribution in [1.82, 2.24) is 0 Å². The monoisotopic (exact) mass is 416 g/mol. The molecule has 0 saturated carbocycles. The predicted octanol–water partition coefficient (Wildman–Crippen LogP) is 4.23. The van der Waals surface area contributed by atoms with E-state index in [2.05, 4.69) is 0 Å². The van der Waals surface area contributed by atoms with Crippen molar-refractivity contribution in [3.63, 3.8) is 0 Å². The quantitative estimate of drug-likeness (QED) is 0.729. The van der Waals surface area contributed by atoms with Crippen LogP contribution >= 0.6 is 23.2 Å². The largest absolute Gasteiger partial charge is 0.479 e. The van der Waals surface area contributed by atoms with Crippen LogP contribution in [0.5, 0.6) is 5.75 Å². The van der Waals surface area contributed by atoms with E-state index in [1.165, 1.54) is 19.1 Å². The summed E-state index contributed by atoms with van der Waals surface area (Å²) in [5.74, 6) is -0.717. The SMILES string of the molecule is CCS(=O)(=O)c1ccc(Cc2cc(Cl)ccc2O[C@@H](C)C(=O)O)c(Cl)c1. The van der Waals surface area contributed by atoms with E-state index in [9.17, 15) is 13.2 Å². The molecule has 1 atom stereocenters. The molecule has 26 heavy (non-hydrogen) atoms. The fraction of sp³-hybridized carbons (Fsp3) is 0.278. The fourth-order valence-electron chi connectivity index (χ4n) is 2.28. The molecule has 0 aromatic heterocycles. The van der Waals surface area contributed by atoms with Crippen molar-refractivity contribution in [3.8, 4) is 5.75 Å². The summed E-state index contributed by atoms with van der Waals surface area (Å²) in [6, 6.07) is 9.43. The average Bonchev–Trinajstić information content (AvgIpc) is 2.58. The Hall–Kier alpha value is -1.76. The second kappa shape index (κ2) is 8.29. The topological polar surface area (TPSA) is 80.7 Å². The summed E-state index contributed by atoms with van der Waals surface area (Å²) in [4.78, 5) is 11.2. The van der Waals surface area contributed by atoms with Crippen molar-refractivity contribution >= 4 is 39.0 Å². The zero-order valence-corrected chi connectivity index (χ0v) is 16.5. The Bertz CT molecular complexity index is 925. The lowest BCUT2D eigenvalue weighted by molar-refractivity contribution is -0.144.